The third kappa shape index (κ3) is 4.83. The van der Waals surface area contributed by atoms with Crippen molar-refractivity contribution in [1.29, 1.82) is 0 Å². The lowest BCUT2D eigenvalue weighted by Gasteiger charge is -2.11. The predicted octanol–water partition coefficient (Wildman–Crippen LogP) is 15.5. The minimum atomic E-state index is 1.15. The van der Waals surface area contributed by atoms with Gasteiger partial charge >= 0.3 is 0 Å². The van der Waals surface area contributed by atoms with Crippen LogP contribution in [0, 0.1) is 0 Å². The van der Waals surface area contributed by atoms with E-state index in [0.29, 0.717) is 0 Å². The minimum Gasteiger partial charge on any atom is -0.309 e. The van der Waals surface area contributed by atoms with E-state index in [0.717, 1.165) is 5.69 Å². The molecule has 0 atom stereocenters. The molecule has 0 saturated heterocycles. The fourth-order valence-corrected chi connectivity index (χ4v) is 11.1. The average Bonchev–Trinajstić information content (AvgIpc) is 4.05. The third-order valence-electron chi connectivity index (χ3n) is 12.5. The van der Waals surface area contributed by atoms with E-state index in [1.165, 1.54) is 108 Å². The maximum Gasteiger partial charge on any atom is 0.109 e. The zero-order valence-electron chi connectivity index (χ0n) is 32.5. The topological polar surface area (TPSA) is 14.8 Å². The molecule has 60 heavy (non-hydrogen) atoms. The smallest absolute Gasteiger partial charge is 0.109 e. The Bertz CT molecular complexity index is 3810. The van der Waals surface area contributed by atoms with Crippen molar-refractivity contribution < 1.29 is 0 Å². The highest BCUT2D eigenvalue weighted by Crippen LogP contribution is 2.46. The van der Waals surface area contributed by atoms with Crippen LogP contribution in [-0.2, 0) is 0 Å². The maximum absolute atomic E-state index is 2.43. The Balaban J connectivity index is 0.934. The van der Waals surface area contributed by atoms with Crippen molar-refractivity contribution >= 4 is 86.2 Å². The van der Waals surface area contributed by atoms with Crippen molar-refractivity contribution in [3.05, 3.63) is 212 Å². The van der Waals surface area contributed by atoms with Gasteiger partial charge in [0.15, 0.2) is 0 Å². The second kappa shape index (κ2) is 12.9. The highest BCUT2D eigenvalue weighted by atomic mass is 32.1. The Labute approximate surface area is 349 Å². The van der Waals surface area contributed by atoms with Crippen LogP contribution < -0.4 is 0 Å². The highest BCUT2D eigenvalue weighted by molar-refractivity contribution is 7.26. The van der Waals surface area contributed by atoms with Gasteiger partial charge < -0.3 is 13.7 Å². The van der Waals surface area contributed by atoms with E-state index in [1.807, 2.05) is 11.3 Å². The Morgan fingerprint density at radius 2 is 0.733 bits per heavy atom. The number of para-hydroxylation sites is 5. The van der Waals surface area contributed by atoms with Crippen molar-refractivity contribution in [2.75, 3.05) is 0 Å². The molecule has 4 heteroatoms. The average molecular weight is 782 g/mol. The molecule has 9 aromatic carbocycles. The molecule has 280 valence electrons. The Morgan fingerprint density at radius 3 is 1.32 bits per heavy atom. The Morgan fingerprint density at radius 1 is 0.283 bits per heavy atom. The summed E-state index contributed by atoms with van der Waals surface area (Å²) in [6.07, 6.45) is 0. The third-order valence-corrected chi connectivity index (χ3v) is 13.6. The minimum absolute atomic E-state index is 1.15. The van der Waals surface area contributed by atoms with Gasteiger partial charge in [-0.3, -0.25) is 0 Å². The van der Waals surface area contributed by atoms with E-state index < -0.39 is 0 Å². The van der Waals surface area contributed by atoms with Gasteiger partial charge in [-0.15, -0.1) is 11.3 Å². The standard InChI is InChI=1S/C56H35N3S/c1-3-14-39(15-4-1)57-48-22-10-7-18-43(48)46-34-37(28-32-51(46)57)38-29-33-52-47(35-38)44-19-8-11-23-49(44)58(52)41-30-26-36(27-31-41)42-21-13-25-53-54(42)55-45-20-9-12-24-50(45)59(56(55)60-53)40-16-5-2-6-17-40/h1-35H. The van der Waals surface area contributed by atoms with Crippen LogP contribution in [0.4, 0.5) is 0 Å². The molecule has 13 rings (SSSR count). The number of hydrogen-bond acceptors (Lipinski definition) is 1. The lowest BCUT2D eigenvalue weighted by molar-refractivity contribution is 1.18. The van der Waals surface area contributed by atoms with Gasteiger partial charge in [0.1, 0.15) is 4.83 Å². The first-order valence-corrected chi connectivity index (χ1v) is 21.3. The van der Waals surface area contributed by atoms with Crippen LogP contribution in [-0.4, -0.2) is 13.7 Å². The van der Waals surface area contributed by atoms with E-state index in [-0.39, 0.29) is 0 Å². The first-order valence-electron chi connectivity index (χ1n) is 20.5. The summed E-state index contributed by atoms with van der Waals surface area (Å²) in [5.74, 6) is 0. The molecular weight excluding hydrogens is 747 g/mol. The van der Waals surface area contributed by atoms with E-state index in [9.17, 15) is 0 Å². The molecule has 0 N–H and O–H groups in total. The molecule has 0 spiro atoms. The molecule has 4 aromatic heterocycles. The van der Waals surface area contributed by atoms with Crippen LogP contribution in [0.5, 0.6) is 0 Å². The molecule has 0 saturated carbocycles. The number of hydrogen-bond donors (Lipinski definition) is 0. The SMILES string of the molecule is c1ccc(-n2c3ccccc3c3cc(-c4ccc5c(c4)c4ccccc4n5-c4ccc(-c5cccc6sc7c(c8ccccc8n7-c7ccccc7)c56)cc4)ccc32)cc1. The summed E-state index contributed by atoms with van der Waals surface area (Å²) in [5, 5.41) is 8.96. The van der Waals surface area contributed by atoms with Crippen LogP contribution in [0.3, 0.4) is 0 Å². The molecule has 0 aliphatic rings. The summed E-state index contributed by atoms with van der Waals surface area (Å²) < 4.78 is 8.53. The lowest BCUT2D eigenvalue weighted by atomic mass is 9.99. The molecule has 0 unspecified atom stereocenters. The number of benzene rings is 9. The van der Waals surface area contributed by atoms with Crippen molar-refractivity contribution in [2.24, 2.45) is 0 Å². The first-order chi connectivity index (χ1) is 29.8. The van der Waals surface area contributed by atoms with Gasteiger partial charge in [0, 0.05) is 59.5 Å². The molecular formula is C56H35N3S. The normalized spacial score (nSPS) is 12.0. The van der Waals surface area contributed by atoms with Gasteiger partial charge in [0.25, 0.3) is 0 Å². The summed E-state index contributed by atoms with van der Waals surface area (Å²) in [5.41, 5.74) is 14.5. The number of fused-ring (bicyclic) bond motifs is 11. The maximum atomic E-state index is 2.43. The van der Waals surface area contributed by atoms with E-state index >= 15 is 0 Å². The number of rotatable bonds is 5. The molecule has 0 radical (unpaired) electrons. The van der Waals surface area contributed by atoms with E-state index in [1.54, 1.807) is 0 Å². The number of aromatic nitrogens is 3. The van der Waals surface area contributed by atoms with Gasteiger partial charge in [-0.1, -0.05) is 127 Å². The zero-order chi connectivity index (χ0) is 39.3. The summed E-state index contributed by atoms with van der Waals surface area (Å²) in [4.78, 5) is 1.28. The second-order valence-corrected chi connectivity index (χ2v) is 16.7. The Hall–Kier alpha value is -7.66. The molecule has 0 aliphatic heterocycles. The van der Waals surface area contributed by atoms with Crippen LogP contribution in [0.15, 0.2) is 212 Å². The van der Waals surface area contributed by atoms with Crippen LogP contribution in [0.1, 0.15) is 0 Å². The predicted molar refractivity (Wildman–Crippen MR) is 256 cm³/mol. The monoisotopic (exact) mass is 781 g/mol. The quantitative estimate of drug-likeness (QED) is 0.165. The van der Waals surface area contributed by atoms with Gasteiger partial charge in [-0.2, -0.15) is 0 Å². The first kappa shape index (κ1) is 33.3. The van der Waals surface area contributed by atoms with Gasteiger partial charge in [-0.25, -0.2) is 0 Å². The van der Waals surface area contributed by atoms with Crippen LogP contribution in [0.25, 0.3) is 114 Å². The second-order valence-electron chi connectivity index (χ2n) is 15.7. The molecule has 0 aliphatic carbocycles. The summed E-state index contributed by atoms with van der Waals surface area (Å²) in [6, 6.07) is 77.7. The molecule has 3 nitrogen and oxygen atoms in total. The summed E-state index contributed by atoms with van der Waals surface area (Å²) in [6.45, 7) is 0. The van der Waals surface area contributed by atoms with Crippen LogP contribution >= 0.6 is 11.3 Å². The van der Waals surface area contributed by atoms with Gasteiger partial charge in [0.05, 0.1) is 27.6 Å². The van der Waals surface area contributed by atoms with Crippen LogP contribution in [0.2, 0.25) is 0 Å². The highest BCUT2D eigenvalue weighted by Gasteiger charge is 2.21. The van der Waals surface area contributed by atoms with Crippen molar-refractivity contribution in [3.8, 4) is 39.3 Å². The summed E-state index contributed by atoms with van der Waals surface area (Å²) >= 11 is 1.88. The van der Waals surface area contributed by atoms with E-state index in [4.69, 9.17) is 0 Å². The Kier molecular flexibility index (Phi) is 7.18. The molecule has 0 bridgehead atoms. The van der Waals surface area contributed by atoms with E-state index in [2.05, 4.69) is 226 Å². The fourth-order valence-electron chi connectivity index (χ4n) is 9.84. The fraction of sp³-hybridized carbons (Fsp3) is 0. The van der Waals surface area contributed by atoms with Crippen molar-refractivity contribution in [3.63, 3.8) is 0 Å². The summed E-state index contributed by atoms with van der Waals surface area (Å²) in [7, 11) is 0. The molecule has 13 aromatic rings. The lowest BCUT2D eigenvalue weighted by Crippen LogP contribution is -1.94. The molecule has 0 fully saturated rings. The molecule has 4 heterocycles. The number of thiophene rings is 1. The largest absolute Gasteiger partial charge is 0.309 e. The van der Waals surface area contributed by atoms with Gasteiger partial charge in [-0.05, 0) is 107 Å². The number of nitrogens with zero attached hydrogens (tertiary/aromatic N) is 3. The molecule has 0 amide bonds. The van der Waals surface area contributed by atoms with Crippen molar-refractivity contribution in [1.82, 2.24) is 13.7 Å². The zero-order valence-corrected chi connectivity index (χ0v) is 33.3. The van der Waals surface area contributed by atoms with Gasteiger partial charge in [0.2, 0.25) is 0 Å². The van der Waals surface area contributed by atoms with Crippen molar-refractivity contribution in [2.45, 2.75) is 0 Å².